The van der Waals surface area contributed by atoms with E-state index < -0.39 is 36.7 Å². The number of fused-ring (bicyclic) bond motifs is 3. The maximum absolute atomic E-state index is 13.9. The van der Waals surface area contributed by atoms with Gasteiger partial charge in [-0.2, -0.15) is 0 Å². The first-order valence-electron chi connectivity index (χ1n) is 14.2. The molecule has 8 heteroatoms. The standard InChI is InChI=1S/C33H36N2O6/c1-22(40-20-23-11-3-2-4-12-23)31(32(38)35(19-30(36)37)24-13-5-6-14-24)34-33(39)41-21-29-27-17-9-7-15-25(27)26-16-8-10-18-28(26)29/h2-4,7-12,15-18,22,24,29,31H,5-6,13-14,19-21H2,1H3,(H,34,39)(H,36,37). The van der Waals surface area contributed by atoms with Gasteiger partial charge in [0.05, 0.1) is 12.7 Å². The van der Waals surface area contributed by atoms with Crippen molar-refractivity contribution in [1.29, 1.82) is 0 Å². The fourth-order valence-electron chi connectivity index (χ4n) is 5.97. The number of hydrogen-bond acceptors (Lipinski definition) is 5. The maximum Gasteiger partial charge on any atom is 0.407 e. The summed E-state index contributed by atoms with van der Waals surface area (Å²) in [7, 11) is 0. The largest absolute Gasteiger partial charge is 0.480 e. The molecule has 0 spiro atoms. The Kier molecular flexibility index (Phi) is 8.99. The Morgan fingerprint density at radius 2 is 1.49 bits per heavy atom. The van der Waals surface area contributed by atoms with Crippen molar-refractivity contribution in [3.8, 4) is 11.1 Å². The number of nitrogens with zero attached hydrogens (tertiary/aromatic N) is 1. The van der Waals surface area contributed by atoms with Gasteiger partial charge in [0.1, 0.15) is 19.2 Å². The normalized spacial score (nSPS) is 15.9. The van der Waals surface area contributed by atoms with Crippen LogP contribution in [0.2, 0.25) is 0 Å². The lowest BCUT2D eigenvalue weighted by Crippen LogP contribution is -2.57. The highest BCUT2D eigenvalue weighted by atomic mass is 16.5. The lowest BCUT2D eigenvalue weighted by Gasteiger charge is -2.33. The van der Waals surface area contributed by atoms with Crippen molar-refractivity contribution < 1.29 is 29.0 Å². The number of amides is 2. The minimum Gasteiger partial charge on any atom is -0.480 e. The van der Waals surface area contributed by atoms with E-state index in [-0.39, 0.29) is 25.2 Å². The number of carbonyl (C=O) groups is 3. The Morgan fingerprint density at radius 1 is 0.902 bits per heavy atom. The third-order valence-corrected chi connectivity index (χ3v) is 8.06. The summed E-state index contributed by atoms with van der Waals surface area (Å²) >= 11 is 0. The molecule has 0 aromatic heterocycles. The predicted molar refractivity (Wildman–Crippen MR) is 154 cm³/mol. The highest BCUT2D eigenvalue weighted by Crippen LogP contribution is 2.44. The number of ether oxygens (including phenoxy) is 2. The number of carboxylic acids is 1. The van der Waals surface area contributed by atoms with Crippen molar-refractivity contribution in [3.05, 3.63) is 95.6 Å². The molecular formula is C33H36N2O6. The lowest BCUT2D eigenvalue weighted by atomic mass is 9.98. The molecule has 0 heterocycles. The zero-order chi connectivity index (χ0) is 28.8. The van der Waals surface area contributed by atoms with Crippen LogP contribution in [0.15, 0.2) is 78.9 Å². The molecule has 2 atom stereocenters. The summed E-state index contributed by atoms with van der Waals surface area (Å²) in [4.78, 5) is 40.2. The topological polar surface area (TPSA) is 105 Å². The molecule has 214 valence electrons. The van der Waals surface area contributed by atoms with Crippen LogP contribution in [-0.2, 0) is 25.7 Å². The predicted octanol–water partition coefficient (Wildman–Crippen LogP) is 5.35. The molecule has 0 saturated heterocycles. The second kappa shape index (κ2) is 13.0. The third kappa shape index (κ3) is 6.60. The first kappa shape index (κ1) is 28.4. The van der Waals surface area contributed by atoms with Crippen LogP contribution < -0.4 is 5.32 Å². The number of hydrogen-bond donors (Lipinski definition) is 2. The zero-order valence-corrected chi connectivity index (χ0v) is 23.2. The molecule has 5 rings (SSSR count). The fourth-order valence-corrected chi connectivity index (χ4v) is 5.97. The molecule has 41 heavy (non-hydrogen) atoms. The molecule has 2 amide bonds. The van der Waals surface area contributed by atoms with Gasteiger partial charge in [0, 0.05) is 12.0 Å². The van der Waals surface area contributed by atoms with E-state index in [4.69, 9.17) is 9.47 Å². The SMILES string of the molecule is CC(OCc1ccccc1)C(NC(=O)OCC1c2ccccc2-c2ccccc21)C(=O)N(CC(=O)O)C1CCCC1. The third-order valence-electron chi connectivity index (χ3n) is 8.06. The number of benzene rings is 3. The second-order valence-electron chi connectivity index (χ2n) is 10.7. The quantitative estimate of drug-likeness (QED) is 0.330. The van der Waals surface area contributed by atoms with Crippen LogP contribution in [0.4, 0.5) is 4.79 Å². The number of carboxylic acid groups (broad SMARTS) is 1. The molecule has 3 aromatic carbocycles. The summed E-state index contributed by atoms with van der Waals surface area (Å²) < 4.78 is 11.8. The zero-order valence-electron chi connectivity index (χ0n) is 23.2. The van der Waals surface area contributed by atoms with Crippen molar-refractivity contribution >= 4 is 18.0 Å². The average molecular weight is 557 g/mol. The van der Waals surface area contributed by atoms with Crippen molar-refractivity contribution in [1.82, 2.24) is 10.2 Å². The van der Waals surface area contributed by atoms with Crippen molar-refractivity contribution in [2.75, 3.05) is 13.2 Å². The first-order chi connectivity index (χ1) is 19.9. The van der Waals surface area contributed by atoms with Crippen molar-refractivity contribution in [2.24, 2.45) is 0 Å². The minimum absolute atomic E-state index is 0.0987. The highest BCUT2D eigenvalue weighted by Gasteiger charge is 2.37. The van der Waals surface area contributed by atoms with Crippen LogP contribution in [0, 0.1) is 0 Å². The van der Waals surface area contributed by atoms with Gasteiger partial charge in [0.15, 0.2) is 0 Å². The van der Waals surface area contributed by atoms with Crippen LogP contribution >= 0.6 is 0 Å². The van der Waals surface area contributed by atoms with Gasteiger partial charge in [-0.3, -0.25) is 9.59 Å². The Hall–Kier alpha value is -4.17. The number of rotatable bonds is 11. The van der Waals surface area contributed by atoms with Gasteiger partial charge >= 0.3 is 12.1 Å². The molecule has 0 bridgehead atoms. The summed E-state index contributed by atoms with van der Waals surface area (Å²) in [5, 5.41) is 12.3. The van der Waals surface area contributed by atoms with Gasteiger partial charge in [-0.15, -0.1) is 0 Å². The Labute approximate surface area is 240 Å². The fraction of sp³-hybridized carbons (Fsp3) is 0.364. The van der Waals surface area contributed by atoms with E-state index in [1.807, 2.05) is 66.7 Å². The minimum atomic E-state index is -1.12. The highest BCUT2D eigenvalue weighted by molar-refractivity contribution is 5.89. The van der Waals surface area contributed by atoms with Gasteiger partial charge in [-0.25, -0.2) is 4.79 Å². The summed E-state index contributed by atoms with van der Waals surface area (Å²) in [5.74, 6) is -1.70. The number of carbonyl (C=O) groups excluding carboxylic acids is 2. The molecule has 8 nitrogen and oxygen atoms in total. The molecule has 2 unspecified atom stereocenters. The van der Waals surface area contributed by atoms with Crippen molar-refractivity contribution in [3.63, 3.8) is 0 Å². The van der Waals surface area contributed by atoms with Crippen LogP contribution in [0.25, 0.3) is 11.1 Å². The first-order valence-corrected chi connectivity index (χ1v) is 14.2. The molecule has 1 fully saturated rings. The molecule has 3 aromatic rings. The van der Waals surface area contributed by atoms with E-state index >= 15 is 0 Å². The lowest BCUT2D eigenvalue weighted by molar-refractivity contribution is -0.149. The smallest absolute Gasteiger partial charge is 0.407 e. The van der Waals surface area contributed by atoms with Crippen LogP contribution in [0.5, 0.6) is 0 Å². The number of alkyl carbamates (subject to hydrolysis) is 1. The molecule has 2 aliphatic carbocycles. The monoisotopic (exact) mass is 556 g/mol. The van der Waals surface area contributed by atoms with E-state index in [0.29, 0.717) is 0 Å². The molecular weight excluding hydrogens is 520 g/mol. The Bertz CT molecular complexity index is 1330. The average Bonchev–Trinajstić information content (AvgIpc) is 3.63. The van der Waals surface area contributed by atoms with E-state index in [1.54, 1.807) is 6.92 Å². The van der Waals surface area contributed by atoms with Gasteiger partial charge in [0.2, 0.25) is 5.91 Å². The number of aliphatic carboxylic acids is 1. The van der Waals surface area contributed by atoms with Crippen molar-refractivity contribution in [2.45, 2.75) is 63.3 Å². The summed E-state index contributed by atoms with van der Waals surface area (Å²) in [6, 6.07) is 24.4. The molecule has 0 radical (unpaired) electrons. The van der Waals surface area contributed by atoms with E-state index in [0.717, 1.165) is 53.5 Å². The van der Waals surface area contributed by atoms with Gasteiger partial charge in [-0.05, 0) is 47.6 Å². The Morgan fingerprint density at radius 3 is 2.10 bits per heavy atom. The van der Waals surface area contributed by atoms with E-state index in [2.05, 4.69) is 17.4 Å². The summed E-state index contributed by atoms with van der Waals surface area (Å²) in [5.41, 5.74) is 5.33. The second-order valence-corrected chi connectivity index (χ2v) is 10.7. The molecule has 2 aliphatic rings. The maximum atomic E-state index is 13.9. The Balaban J connectivity index is 1.31. The van der Waals surface area contributed by atoms with Gasteiger partial charge in [0.25, 0.3) is 0 Å². The van der Waals surface area contributed by atoms with Gasteiger partial charge < -0.3 is 24.8 Å². The molecule has 1 saturated carbocycles. The summed E-state index contributed by atoms with van der Waals surface area (Å²) in [6.45, 7) is 1.61. The van der Waals surface area contributed by atoms with Crippen LogP contribution in [-0.4, -0.2) is 59.3 Å². The summed E-state index contributed by atoms with van der Waals surface area (Å²) in [6.07, 6.45) is 1.84. The van der Waals surface area contributed by atoms with Crippen LogP contribution in [0.3, 0.4) is 0 Å². The van der Waals surface area contributed by atoms with E-state index in [9.17, 15) is 19.5 Å². The van der Waals surface area contributed by atoms with Crippen LogP contribution in [0.1, 0.15) is 55.2 Å². The van der Waals surface area contributed by atoms with Gasteiger partial charge in [-0.1, -0.05) is 91.7 Å². The number of nitrogens with one attached hydrogen (secondary N) is 1. The molecule has 0 aliphatic heterocycles. The van der Waals surface area contributed by atoms with E-state index in [1.165, 1.54) is 4.90 Å². The molecule has 2 N–H and O–H groups in total.